The summed E-state index contributed by atoms with van der Waals surface area (Å²) in [4.78, 5) is 2.89. The molecule has 22 heavy (non-hydrogen) atoms. The molecular weight excluding hydrogens is 304 g/mol. The first-order chi connectivity index (χ1) is 10.8. The van der Waals surface area contributed by atoms with Gasteiger partial charge < -0.3 is 0 Å². The first-order valence-electron chi connectivity index (χ1n) is 7.85. The van der Waals surface area contributed by atoms with Crippen molar-refractivity contribution in [1.29, 1.82) is 0 Å². The lowest BCUT2D eigenvalue weighted by Crippen LogP contribution is -1.76. The Bertz CT molecular complexity index is 862. The first kappa shape index (κ1) is 14.0. The molecule has 4 aromatic rings. The third-order valence-electron chi connectivity index (χ3n) is 4.04. The summed E-state index contributed by atoms with van der Waals surface area (Å²) in [5.74, 6) is 0. The fourth-order valence-corrected chi connectivity index (χ4v) is 5.08. The summed E-state index contributed by atoms with van der Waals surface area (Å²) in [6.45, 7) is 2.26. The maximum atomic E-state index is 2.39. The van der Waals surface area contributed by atoms with Crippen molar-refractivity contribution in [3.05, 3.63) is 59.5 Å². The van der Waals surface area contributed by atoms with E-state index in [0.29, 0.717) is 0 Å². The highest BCUT2D eigenvalue weighted by Gasteiger charge is 2.08. The molecule has 0 bridgehead atoms. The van der Waals surface area contributed by atoms with E-state index in [2.05, 4.69) is 61.5 Å². The van der Waals surface area contributed by atoms with E-state index in [9.17, 15) is 0 Å². The topological polar surface area (TPSA) is 0 Å². The zero-order valence-corrected chi connectivity index (χ0v) is 14.3. The van der Waals surface area contributed by atoms with E-state index in [-0.39, 0.29) is 0 Å². The fraction of sp³-hybridized carbons (Fsp3) is 0.200. The predicted molar refractivity (Wildman–Crippen MR) is 101 cm³/mol. The minimum absolute atomic E-state index is 1.22. The molecule has 0 aliphatic carbocycles. The molecule has 4 rings (SSSR count). The molecule has 2 aromatic heterocycles. The third kappa shape index (κ3) is 2.57. The fourth-order valence-electron chi connectivity index (χ4n) is 2.85. The molecule has 0 fully saturated rings. The molecule has 2 heterocycles. The number of thiophene rings is 2. The minimum atomic E-state index is 1.22. The van der Waals surface area contributed by atoms with Gasteiger partial charge in [-0.15, -0.1) is 22.7 Å². The largest absolute Gasteiger partial charge is 0.140 e. The van der Waals surface area contributed by atoms with Crippen LogP contribution in [0, 0.1) is 0 Å². The van der Waals surface area contributed by atoms with Crippen molar-refractivity contribution >= 4 is 42.8 Å². The Morgan fingerprint density at radius 3 is 2.32 bits per heavy atom. The Morgan fingerprint density at radius 1 is 0.818 bits per heavy atom. The van der Waals surface area contributed by atoms with Gasteiger partial charge in [-0.1, -0.05) is 43.7 Å². The van der Waals surface area contributed by atoms with Gasteiger partial charge in [-0.3, -0.25) is 0 Å². The van der Waals surface area contributed by atoms with Crippen LogP contribution in [0.4, 0.5) is 0 Å². The lowest BCUT2D eigenvalue weighted by molar-refractivity contribution is 0.804. The highest BCUT2D eigenvalue weighted by atomic mass is 32.1. The summed E-state index contributed by atoms with van der Waals surface area (Å²) in [6, 6.07) is 20.1. The van der Waals surface area contributed by atoms with Crippen molar-refractivity contribution in [2.45, 2.75) is 26.2 Å². The molecule has 110 valence electrons. The second-order valence-corrected chi connectivity index (χ2v) is 7.97. The van der Waals surface area contributed by atoms with E-state index in [0.717, 1.165) is 0 Å². The zero-order valence-electron chi connectivity index (χ0n) is 12.6. The van der Waals surface area contributed by atoms with E-state index in [1.165, 1.54) is 54.8 Å². The lowest BCUT2D eigenvalue weighted by Gasteiger charge is -1.93. The molecule has 0 N–H and O–H groups in total. The first-order valence-corrected chi connectivity index (χ1v) is 9.48. The van der Waals surface area contributed by atoms with E-state index in [1.807, 2.05) is 22.7 Å². The van der Waals surface area contributed by atoms with Crippen molar-refractivity contribution in [2.75, 3.05) is 0 Å². The van der Waals surface area contributed by atoms with Crippen LogP contribution in [0.25, 0.3) is 30.6 Å². The van der Waals surface area contributed by atoms with Gasteiger partial charge in [0.25, 0.3) is 0 Å². The summed E-state index contributed by atoms with van der Waals surface area (Å²) in [7, 11) is 0. The van der Waals surface area contributed by atoms with Crippen molar-refractivity contribution in [3.8, 4) is 10.4 Å². The van der Waals surface area contributed by atoms with Gasteiger partial charge in [0.1, 0.15) is 0 Å². The monoisotopic (exact) mass is 322 g/mol. The number of hydrogen-bond donors (Lipinski definition) is 0. The molecule has 0 radical (unpaired) electrons. The third-order valence-corrected chi connectivity index (χ3v) is 6.35. The van der Waals surface area contributed by atoms with Crippen molar-refractivity contribution in [1.82, 2.24) is 0 Å². The highest BCUT2D eigenvalue weighted by molar-refractivity contribution is 7.23. The molecule has 0 nitrogen and oxygen atoms in total. The van der Waals surface area contributed by atoms with E-state index in [4.69, 9.17) is 0 Å². The number of rotatable bonds is 4. The Kier molecular flexibility index (Phi) is 3.73. The van der Waals surface area contributed by atoms with E-state index >= 15 is 0 Å². The Balaban J connectivity index is 1.77. The van der Waals surface area contributed by atoms with Crippen LogP contribution >= 0.6 is 22.7 Å². The van der Waals surface area contributed by atoms with Crippen LogP contribution in [0.1, 0.15) is 24.6 Å². The second-order valence-electron chi connectivity index (χ2n) is 5.72. The molecule has 0 amide bonds. The minimum Gasteiger partial charge on any atom is -0.140 e. The van der Waals surface area contributed by atoms with Gasteiger partial charge in [-0.25, -0.2) is 0 Å². The van der Waals surface area contributed by atoms with Gasteiger partial charge in [0.15, 0.2) is 0 Å². The van der Waals surface area contributed by atoms with Crippen LogP contribution in [0.15, 0.2) is 54.6 Å². The van der Waals surface area contributed by atoms with Crippen LogP contribution in [-0.4, -0.2) is 0 Å². The molecular formula is C20H18S2. The number of fused-ring (bicyclic) bond motifs is 2. The van der Waals surface area contributed by atoms with E-state index in [1.54, 1.807) is 0 Å². The zero-order chi connectivity index (χ0) is 14.9. The van der Waals surface area contributed by atoms with Gasteiger partial charge in [0.05, 0.1) is 0 Å². The average Bonchev–Trinajstić information content (AvgIpc) is 3.13. The van der Waals surface area contributed by atoms with Crippen molar-refractivity contribution < 1.29 is 0 Å². The van der Waals surface area contributed by atoms with Crippen LogP contribution in [-0.2, 0) is 6.42 Å². The summed E-state index contributed by atoms with van der Waals surface area (Å²) >= 11 is 3.86. The summed E-state index contributed by atoms with van der Waals surface area (Å²) in [5.41, 5.74) is 1.32. The SMILES string of the molecule is CCCCc1cc2cc3sc(-c4ccccc4)cc3cc2s1. The predicted octanol–water partition coefficient (Wildman–Crippen LogP) is 7.13. The van der Waals surface area contributed by atoms with Crippen LogP contribution < -0.4 is 0 Å². The molecule has 0 unspecified atom stereocenters. The molecule has 0 aliphatic heterocycles. The van der Waals surface area contributed by atoms with Crippen molar-refractivity contribution in [2.24, 2.45) is 0 Å². The lowest BCUT2D eigenvalue weighted by atomic mass is 10.1. The molecule has 0 saturated heterocycles. The van der Waals surface area contributed by atoms with Crippen molar-refractivity contribution in [3.63, 3.8) is 0 Å². The maximum Gasteiger partial charge on any atom is 0.0356 e. The number of benzene rings is 2. The normalized spacial score (nSPS) is 11.5. The second kappa shape index (κ2) is 5.86. The number of aryl methyl sites for hydroxylation is 1. The van der Waals surface area contributed by atoms with Crippen LogP contribution in [0.5, 0.6) is 0 Å². The molecule has 0 atom stereocenters. The van der Waals surface area contributed by atoms with Gasteiger partial charge >= 0.3 is 0 Å². The molecule has 0 aliphatic rings. The van der Waals surface area contributed by atoms with E-state index < -0.39 is 0 Å². The molecule has 2 heteroatoms. The Hall–Kier alpha value is -1.64. The number of unbranched alkanes of at least 4 members (excludes halogenated alkanes) is 1. The standard InChI is InChI=1S/C20H18S2/c1-2-3-9-17-10-15-11-20-16(13-19(15)21-17)12-18(22-20)14-7-5-4-6-8-14/h4-8,10-13H,2-3,9H2,1H3. The molecule has 2 aromatic carbocycles. The van der Waals surface area contributed by atoms with Crippen LogP contribution in [0.2, 0.25) is 0 Å². The Morgan fingerprint density at radius 2 is 1.55 bits per heavy atom. The molecule has 0 saturated carbocycles. The van der Waals surface area contributed by atoms with Crippen LogP contribution in [0.3, 0.4) is 0 Å². The summed E-state index contributed by atoms with van der Waals surface area (Å²) in [6.07, 6.45) is 3.78. The molecule has 0 spiro atoms. The quantitative estimate of drug-likeness (QED) is 0.375. The highest BCUT2D eigenvalue weighted by Crippen LogP contribution is 2.38. The average molecular weight is 322 g/mol. The van der Waals surface area contributed by atoms with Gasteiger partial charge in [0, 0.05) is 19.2 Å². The number of hydrogen-bond acceptors (Lipinski definition) is 2. The van der Waals surface area contributed by atoms with Gasteiger partial charge in [0.2, 0.25) is 0 Å². The van der Waals surface area contributed by atoms with Gasteiger partial charge in [-0.05, 0) is 53.4 Å². The summed E-state index contributed by atoms with van der Waals surface area (Å²) < 4.78 is 2.82. The Labute approximate surface area is 139 Å². The smallest absolute Gasteiger partial charge is 0.0356 e. The maximum absolute atomic E-state index is 2.39. The summed E-state index contributed by atoms with van der Waals surface area (Å²) in [5, 5.41) is 2.78. The van der Waals surface area contributed by atoms with Gasteiger partial charge in [-0.2, -0.15) is 0 Å².